The molecule has 0 N–H and O–H groups in total. The van der Waals surface area contributed by atoms with E-state index < -0.39 is 0 Å². The van der Waals surface area contributed by atoms with Crippen LogP contribution in [0.4, 0.5) is 4.39 Å². The first-order valence-electron chi connectivity index (χ1n) is 10.9. The summed E-state index contributed by atoms with van der Waals surface area (Å²) in [4.78, 5) is 26.9. The van der Waals surface area contributed by atoms with Crippen LogP contribution in [-0.2, 0) is 0 Å². The van der Waals surface area contributed by atoms with Gasteiger partial charge in [-0.15, -0.1) is 0 Å². The van der Waals surface area contributed by atoms with E-state index in [1.807, 2.05) is 4.90 Å². The van der Waals surface area contributed by atoms with Gasteiger partial charge in [0.2, 0.25) is 0 Å². The zero-order valence-electron chi connectivity index (χ0n) is 18.4. The molecule has 0 atom stereocenters. The minimum absolute atomic E-state index is 0.0227. The summed E-state index contributed by atoms with van der Waals surface area (Å²) in [5.74, 6) is -0.360. The molecule has 0 radical (unpaired) electrons. The van der Waals surface area contributed by atoms with Crippen molar-refractivity contribution in [3.05, 3.63) is 82.1 Å². The highest BCUT2D eigenvalue weighted by molar-refractivity contribution is 6.36. The number of hydrogen-bond donors (Lipinski definition) is 0. The molecule has 1 saturated heterocycles. The molecule has 1 aromatic heterocycles. The van der Waals surface area contributed by atoms with E-state index in [1.54, 1.807) is 48.5 Å². The third-order valence-corrected chi connectivity index (χ3v) is 6.55. The highest BCUT2D eigenvalue weighted by Gasteiger charge is 2.22. The van der Waals surface area contributed by atoms with Crippen LogP contribution in [0, 0.1) is 5.82 Å². The third kappa shape index (κ3) is 4.49. The standard InChI is InChI=1S/C26H21Cl2FN4O/c1-32-10-12-33(13-11-32)26(34)17-4-9-22-23(14-17)31-25(20-8-5-18(27)15-21(20)28)24(30-22)16-2-6-19(29)7-3-16/h2-9,14-15H,10-13H2,1H3. The van der Waals surface area contributed by atoms with Gasteiger partial charge in [-0.05, 0) is 67.7 Å². The maximum atomic E-state index is 13.6. The van der Waals surface area contributed by atoms with Crippen LogP contribution in [0.2, 0.25) is 10.0 Å². The molecular formula is C26H21Cl2FN4O. The molecule has 0 unspecified atom stereocenters. The number of halogens is 3. The van der Waals surface area contributed by atoms with Gasteiger partial charge in [0.1, 0.15) is 5.82 Å². The van der Waals surface area contributed by atoms with E-state index in [9.17, 15) is 9.18 Å². The summed E-state index contributed by atoms with van der Waals surface area (Å²) < 4.78 is 13.6. The molecule has 1 aliphatic heterocycles. The first-order chi connectivity index (χ1) is 16.4. The van der Waals surface area contributed by atoms with Crippen molar-refractivity contribution in [2.75, 3.05) is 33.2 Å². The summed E-state index contributed by atoms with van der Waals surface area (Å²) in [5.41, 5.74) is 4.22. The fraction of sp³-hybridized carbons (Fsp3) is 0.192. The Morgan fingerprint density at radius 3 is 2.26 bits per heavy atom. The number of nitrogens with zero attached hydrogens (tertiary/aromatic N) is 4. The largest absolute Gasteiger partial charge is 0.336 e. The number of fused-ring (bicyclic) bond motifs is 1. The van der Waals surface area contributed by atoms with Crippen LogP contribution in [0.3, 0.4) is 0 Å². The molecule has 8 heteroatoms. The molecule has 0 aliphatic carbocycles. The zero-order valence-corrected chi connectivity index (χ0v) is 19.9. The molecule has 1 aliphatic rings. The van der Waals surface area contributed by atoms with Crippen molar-refractivity contribution in [2.45, 2.75) is 0 Å². The number of benzene rings is 3. The Labute approximate surface area is 206 Å². The van der Waals surface area contributed by atoms with Gasteiger partial charge < -0.3 is 9.80 Å². The van der Waals surface area contributed by atoms with Crippen LogP contribution in [0.1, 0.15) is 10.4 Å². The van der Waals surface area contributed by atoms with E-state index >= 15 is 0 Å². The lowest BCUT2D eigenvalue weighted by atomic mass is 10.0. The van der Waals surface area contributed by atoms with Crippen molar-refractivity contribution >= 4 is 40.1 Å². The van der Waals surface area contributed by atoms with Crippen molar-refractivity contribution in [1.29, 1.82) is 0 Å². The second kappa shape index (κ2) is 9.29. The van der Waals surface area contributed by atoms with Crippen LogP contribution in [0.25, 0.3) is 33.5 Å². The van der Waals surface area contributed by atoms with Gasteiger partial charge in [-0.3, -0.25) is 4.79 Å². The van der Waals surface area contributed by atoms with Crippen LogP contribution in [0.15, 0.2) is 60.7 Å². The van der Waals surface area contributed by atoms with Gasteiger partial charge in [0, 0.05) is 47.9 Å². The lowest BCUT2D eigenvalue weighted by Crippen LogP contribution is -2.47. The molecular weight excluding hydrogens is 474 g/mol. The van der Waals surface area contributed by atoms with Crippen LogP contribution in [-0.4, -0.2) is 58.9 Å². The quantitative estimate of drug-likeness (QED) is 0.361. The normalized spacial score (nSPS) is 14.5. The Kier molecular flexibility index (Phi) is 6.21. The van der Waals surface area contributed by atoms with E-state index in [1.165, 1.54) is 12.1 Å². The maximum absolute atomic E-state index is 13.6. The van der Waals surface area contributed by atoms with E-state index in [4.69, 9.17) is 33.2 Å². The molecule has 0 spiro atoms. The summed E-state index contributed by atoms with van der Waals surface area (Å²) >= 11 is 12.6. The Bertz CT molecular complexity index is 1390. The summed E-state index contributed by atoms with van der Waals surface area (Å²) in [7, 11) is 2.05. The molecule has 5 nitrogen and oxygen atoms in total. The number of rotatable bonds is 3. The maximum Gasteiger partial charge on any atom is 0.254 e. The molecule has 172 valence electrons. The molecule has 1 amide bonds. The fourth-order valence-corrected chi connectivity index (χ4v) is 4.56. The van der Waals surface area contributed by atoms with Crippen molar-refractivity contribution in [2.24, 2.45) is 0 Å². The van der Waals surface area contributed by atoms with Crippen molar-refractivity contribution < 1.29 is 9.18 Å². The van der Waals surface area contributed by atoms with E-state index in [-0.39, 0.29) is 11.7 Å². The highest BCUT2D eigenvalue weighted by atomic mass is 35.5. The second-order valence-corrected chi connectivity index (χ2v) is 9.19. The molecule has 0 saturated carbocycles. The summed E-state index contributed by atoms with van der Waals surface area (Å²) in [6.45, 7) is 3.07. The number of hydrogen-bond acceptors (Lipinski definition) is 4. The van der Waals surface area contributed by atoms with Crippen molar-refractivity contribution in [1.82, 2.24) is 19.8 Å². The Balaban J connectivity index is 1.63. The Morgan fingerprint density at radius 2 is 1.56 bits per heavy atom. The number of likely N-dealkylation sites (N-methyl/N-ethyl adjacent to an activating group) is 1. The van der Waals surface area contributed by atoms with Gasteiger partial charge in [0.05, 0.1) is 27.4 Å². The second-order valence-electron chi connectivity index (χ2n) is 8.35. The first kappa shape index (κ1) is 22.7. The fourth-order valence-electron chi connectivity index (χ4n) is 4.06. The number of aromatic nitrogens is 2. The smallest absolute Gasteiger partial charge is 0.254 e. The predicted octanol–water partition coefficient (Wildman–Crippen LogP) is 5.80. The highest BCUT2D eigenvalue weighted by Crippen LogP contribution is 2.36. The predicted molar refractivity (Wildman–Crippen MR) is 134 cm³/mol. The molecule has 5 rings (SSSR count). The van der Waals surface area contributed by atoms with Gasteiger partial charge in [-0.25, -0.2) is 14.4 Å². The average molecular weight is 495 g/mol. The Hall–Kier alpha value is -3.06. The van der Waals surface area contributed by atoms with Crippen molar-refractivity contribution in [3.63, 3.8) is 0 Å². The van der Waals surface area contributed by atoms with E-state index in [0.29, 0.717) is 62.2 Å². The number of piperazine rings is 1. The summed E-state index contributed by atoms with van der Waals surface area (Å²) in [6, 6.07) is 16.6. The molecule has 34 heavy (non-hydrogen) atoms. The van der Waals surface area contributed by atoms with Crippen LogP contribution >= 0.6 is 23.2 Å². The molecule has 1 fully saturated rings. The molecule has 2 heterocycles. The minimum atomic E-state index is -0.337. The summed E-state index contributed by atoms with van der Waals surface area (Å²) in [5, 5.41) is 0.931. The Morgan fingerprint density at radius 1 is 0.853 bits per heavy atom. The molecule has 0 bridgehead atoms. The van der Waals surface area contributed by atoms with E-state index in [2.05, 4.69) is 11.9 Å². The number of amides is 1. The lowest BCUT2D eigenvalue weighted by molar-refractivity contribution is 0.0664. The zero-order chi connectivity index (χ0) is 23.8. The lowest BCUT2D eigenvalue weighted by Gasteiger charge is -2.32. The SMILES string of the molecule is CN1CCN(C(=O)c2ccc3nc(-c4ccc(F)cc4)c(-c4ccc(Cl)cc4Cl)nc3c2)CC1. The number of carbonyl (C=O) groups is 1. The minimum Gasteiger partial charge on any atom is -0.336 e. The van der Waals surface area contributed by atoms with Gasteiger partial charge in [-0.1, -0.05) is 23.2 Å². The van der Waals surface area contributed by atoms with Gasteiger partial charge in [0.25, 0.3) is 5.91 Å². The van der Waals surface area contributed by atoms with Crippen molar-refractivity contribution in [3.8, 4) is 22.5 Å². The molecule has 4 aromatic rings. The average Bonchev–Trinajstić information content (AvgIpc) is 2.83. The van der Waals surface area contributed by atoms with Gasteiger partial charge in [0.15, 0.2) is 0 Å². The van der Waals surface area contributed by atoms with Crippen LogP contribution in [0.5, 0.6) is 0 Å². The van der Waals surface area contributed by atoms with Gasteiger partial charge in [-0.2, -0.15) is 0 Å². The topological polar surface area (TPSA) is 49.3 Å². The van der Waals surface area contributed by atoms with Crippen LogP contribution < -0.4 is 0 Å². The van der Waals surface area contributed by atoms with Gasteiger partial charge >= 0.3 is 0 Å². The molecule has 3 aromatic carbocycles. The monoisotopic (exact) mass is 494 g/mol. The number of carbonyl (C=O) groups excluding carboxylic acids is 1. The van der Waals surface area contributed by atoms with E-state index in [0.717, 1.165) is 13.1 Å². The first-order valence-corrected chi connectivity index (χ1v) is 11.7. The summed E-state index contributed by atoms with van der Waals surface area (Å²) in [6.07, 6.45) is 0. The third-order valence-electron chi connectivity index (χ3n) is 6.01.